The Labute approximate surface area is 179 Å². The molecule has 0 bridgehead atoms. The van der Waals surface area contributed by atoms with Gasteiger partial charge < -0.3 is 14.6 Å². The summed E-state index contributed by atoms with van der Waals surface area (Å²) in [6.45, 7) is 2.45. The number of allylic oxidation sites excluding steroid dienone is 1. The largest absolute Gasteiger partial charge is 0.497 e. The fourth-order valence-electron chi connectivity index (χ4n) is 3.97. The van der Waals surface area contributed by atoms with Gasteiger partial charge in [-0.15, -0.1) is 11.8 Å². The number of rotatable bonds is 5. The van der Waals surface area contributed by atoms with Crippen molar-refractivity contribution in [1.82, 2.24) is 4.90 Å². The quantitative estimate of drug-likeness (QED) is 0.790. The van der Waals surface area contributed by atoms with Gasteiger partial charge in [-0.25, -0.2) is 0 Å². The third-order valence-corrected chi connectivity index (χ3v) is 6.66. The molecule has 1 saturated heterocycles. The van der Waals surface area contributed by atoms with Gasteiger partial charge in [0, 0.05) is 17.9 Å². The molecule has 30 heavy (non-hydrogen) atoms. The molecular formula is C23H22N2O4S. The molecule has 7 heteroatoms. The molecule has 0 aliphatic carbocycles. The minimum Gasteiger partial charge on any atom is -0.497 e. The average Bonchev–Trinajstić information content (AvgIpc) is 3.13. The van der Waals surface area contributed by atoms with E-state index in [1.807, 2.05) is 31.2 Å². The third kappa shape index (κ3) is 3.32. The summed E-state index contributed by atoms with van der Waals surface area (Å²) in [5, 5.41) is 21.9. The Hall–Kier alpha value is -2.95. The second kappa shape index (κ2) is 8.05. The number of nitriles is 1. The van der Waals surface area contributed by atoms with Gasteiger partial charge in [-0.05, 0) is 36.8 Å². The molecule has 2 aromatic carbocycles. The maximum atomic E-state index is 13.2. The van der Waals surface area contributed by atoms with Crippen LogP contribution in [0.25, 0.3) is 0 Å². The van der Waals surface area contributed by atoms with Crippen molar-refractivity contribution in [2.45, 2.75) is 25.0 Å². The number of aliphatic hydroxyl groups is 1. The fraction of sp³-hybridized carbons (Fsp3) is 0.304. The Bertz CT molecular complexity index is 1040. The minimum absolute atomic E-state index is 0.111. The summed E-state index contributed by atoms with van der Waals surface area (Å²) < 4.78 is 10.8. The van der Waals surface area contributed by atoms with E-state index in [9.17, 15) is 15.2 Å². The van der Waals surface area contributed by atoms with Crippen molar-refractivity contribution in [3.05, 3.63) is 70.3 Å². The van der Waals surface area contributed by atoms with Gasteiger partial charge in [0.1, 0.15) is 11.5 Å². The summed E-state index contributed by atoms with van der Waals surface area (Å²) in [5.74, 6) is 1.07. The SMILES string of the molecule is CCOc1ccc([C@]2(O)CSC3=C(C#N)[C@@H](c4cccc(OC)c4)CC(=O)N32)cc1. The second-order valence-electron chi connectivity index (χ2n) is 7.16. The van der Waals surface area contributed by atoms with E-state index >= 15 is 0 Å². The summed E-state index contributed by atoms with van der Waals surface area (Å²) in [6, 6.07) is 16.8. The first-order valence-electron chi connectivity index (χ1n) is 9.71. The molecule has 2 aliphatic heterocycles. The Kier molecular flexibility index (Phi) is 5.46. The maximum Gasteiger partial charge on any atom is 0.231 e. The molecule has 4 rings (SSSR count). The number of hydrogen-bond acceptors (Lipinski definition) is 6. The zero-order valence-electron chi connectivity index (χ0n) is 16.8. The average molecular weight is 423 g/mol. The van der Waals surface area contributed by atoms with Crippen LogP contribution in [0.3, 0.4) is 0 Å². The number of amides is 1. The number of hydrogen-bond donors (Lipinski definition) is 1. The maximum absolute atomic E-state index is 13.2. The molecule has 0 saturated carbocycles. The highest BCUT2D eigenvalue weighted by atomic mass is 32.2. The minimum atomic E-state index is -1.50. The van der Waals surface area contributed by atoms with E-state index in [-0.39, 0.29) is 24.0 Å². The molecule has 154 valence electrons. The highest BCUT2D eigenvalue weighted by molar-refractivity contribution is 8.03. The summed E-state index contributed by atoms with van der Waals surface area (Å²) in [4.78, 5) is 14.6. The highest BCUT2D eigenvalue weighted by Gasteiger charge is 2.51. The van der Waals surface area contributed by atoms with Crippen LogP contribution in [-0.4, -0.2) is 35.4 Å². The van der Waals surface area contributed by atoms with Gasteiger partial charge in [0.2, 0.25) is 5.91 Å². The Morgan fingerprint density at radius 3 is 2.70 bits per heavy atom. The van der Waals surface area contributed by atoms with Crippen LogP contribution >= 0.6 is 11.8 Å². The van der Waals surface area contributed by atoms with Crippen molar-refractivity contribution in [1.29, 1.82) is 5.26 Å². The molecule has 2 atom stereocenters. The predicted molar refractivity (Wildman–Crippen MR) is 114 cm³/mol. The zero-order valence-corrected chi connectivity index (χ0v) is 17.6. The first kappa shape index (κ1) is 20.3. The van der Waals surface area contributed by atoms with Crippen LogP contribution in [0.1, 0.15) is 30.4 Å². The van der Waals surface area contributed by atoms with E-state index in [2.05, 4.69) is 6.07 Å². The molecule has 2 aliphatic rings. The number of carbonyl (C=O) groups excluding carboxylic acids is 1. The van der Waals surface area contributed by atoms with Gasteiger partial charge in [-0.3, -0.25) is 9.69 Å². The van der Waals surface area contributed by atoms with Gasteiger partial charge >= 0.3 is 0 Å². The topological polar surface area (TPSA) is 82.8 Å². The van der Waals surface area contributed by atoms with Crippen molar-refractivity contribution >= 4 is 17.7 Å². The van der Waals surface area contributed by atoms with Crippen LogP contribution in [0.15, 0.2) is 59.1 Å². The summed E-state index contributed by atoms with van der Waals surface area (Å²) in [6.07, 6.45) is 0.111. The normalized spacial score (nSPS) is 23.2. The summed E-state index contributed by atoms with van der Waals surface area (Å²) in [7, 11) is 1.58. The van der Waals surface area contributed by atoms with Crippen LogP contribution < -0.4 is 9.47 Å². The van der Waals surface area contributed by atoms with E-state index in [1.54, 1.807) is 31.4 Å². The van der Waals surface area contributed by atoms with E-state index < -0.39 is 5.72 Å². The number of benzene rings is 2. The molecule has 1 N–H and O–H groups in total. The Morgan fingerprint density at radius 1 is 1.27 bits per heavy atom. The van der Waals surface area contributed by atoms with E-state index in [4.69, 9.17) is 9.47 Å². The highest BCUT2D eigenvalue weighted by Crippen LogP contribution is 2.51. The van der Waals surface area contributed by atoms with Crippen LogP contribution in [0.4, 0.5) is 0 Å². The molecule has 1 amide bonds. The van der Waals surface area contributed by atoms with Crippen molar-refractivity contribution in [2.75, 3.05) is 19.5 Å². The monoisotopic (exact) mass is 422 g/mol. The first-order chi connectivity index (χ1) is 14.5. The molecule has 0 unspecified atom stereocenters. The van der Waals surface area contributed by atoms with Gasteiger partial charge in [0.15, 0.2) is 5.72 Å². The van der Waals surface area contributed by atoms with Crippen molar-refractivity contribution in [3.8, 4) is 17.6 Å². The molecule has 2 heterocycles. The number of carbonyl (C=O) groups is 1. The van der Waals surface area contributed by atoms with Gasteiger partial charge in [0.25, 0.3) is 0 Å². The van der Waals surface area contributed by atoms with Crippen LogP contribution in [0.5, 0.6) is 11.5 Å². The lowest BCUT2D eigenvalue weighted by atomic mass is 9.85. The summed E-state index contributed by atoms with van der Waals surface area (Å²) >= 11 is 1.34. The third-order valence-electron chi connectivity index (χ3n) is 5.43. The predicted octanol–water partition coefficient (Wildman–Crippen LogP) is 3.74. The van der Waals surface area contributed by atoms with E-state index in [1.165, 1.54) is 16.7 Å². The van der Waals surface area contributed by atoms with Gasteiger partial charge in [-0.1, -0.05) is 24.3 Å². The fourth-order valence-corrected chi connectivity index (χ4v) is 5.33. The van der Waals surface area contributed by atoms with Crippen molar-refractivity contribution < 1.29 is 19.4 Å². The van der Waals surface area contributed by atoms with Crippen LogP contribution in [-0.2, 0) is 10.5 Å². The number of fused-ring (bicyclic) bond motifs is 1. The molecule has 1 fully saturated rings. The Balaban J connectivity index is 1.74. The molecule has 6 nitrogen and oxygen atoms in total. The summed E-state index contributed by atoms with van der Waals surface area (Å²) in [5.41, 5.74) is 0.445. The number of methoxy groups -OCH3 is 1. The number of thioether (sulfide) groups is 1. The smallest absolute Gasteiger partial charge is 0.231 e. The van der Waals surface area contributed by atoms with Crippen LogP contribution in [0, 0.1) is 11.3 Å². The van der Waals surface area contributed by atoms with Gasteiger partial charge in [0.05, 0.1) is 36.1 Å². The lowest BCUT2D eigenvalue weighted by Crippen LogP contribution is -2.48. The van der Waals surface area contributed by atoms with Crippen molar-refractivity contribution in [2.24, 2.45) is 0 Å². The molecular weight excluding hydrogens is 400 g/mol. The zero-order chi connectivity index (χ0) is 21.3. The number of ether oxygens (including phenoxy) is 2. The lowest BCUT2D eigenvalue weighted by Gasteiger charge is -2.38. The molecule has 0 spiro atoms. The molecule has 0 radical (unpaired) electrons. The lowest BCUT2D eigenvalue weighted by molar-refractivity contribution is -0.149. The van der Waals surface area contributed by atoms with Crippen LogP contribution in [0.2, 0.25) is 0 Å². The first-order valence-corrected chi connectivity index (χ1v) is 10.7. The van der Waals surface area contributed by atoms with Crippen molar-refractivity contribution in [3.63, 3.8) is 0 Å². The van der Waals surface area contributed by atoms with E-state index in [0.717, 1.165) is 5.56 Å². The molecule has 0 aromatic heterocycles. The van der Waals surface area contributed by atoms with E-state index in [0.29, 0.717) is 34.3 Å². The number of nitrogens with zero attached hydrogens (tertiary/aromatic N) is 2. The molecule has 2 aromatic rings. The Morgan fingerprint density at radius 2 is 2.03 bits per heavy atom. The van der Waals surface area contributed by atoms with Gasteiger partial charge in [-0.2, -0.15) is 5.26 Å². The standard InChI is InChI=1S/C23H22N2O4S/c1-3-29-17-9-7-16(8-10-17)23(27)14-30-22-20(13-24)19(12-21(26)25(22)23)15-5-4-6-18(11-15)28-2/h4-11,19,27H,3,12,14H2,1-2H3/t19-,23-/m1/s1. The second-order valence-corrected chi connectivity index (χ2v) is 8.12.